The lowest BCUT2D eigenvalue weighted by atomic mass is 10.1. The van der Waals surface area contributed by atoms with E-state index in [1.54, 1.807) is 0 Å². The molecule has 100 valence electrons. The molecule has 1 aromatic heterocycles. The second-order valence-electron chi connectivity index (χ2n) is 4.43. The van der Waals surface area contributed by atoms with Crippen LogP contribution < -0.4 is 4.57 Å². The summed E-state index contributed by atoms with van der Waals surface area (Å²) in [5, 5.41) is 8.46. The number of nitriles is 1. The Labute approximate surface area is 110 Å². The SMILES string of the molecule is CCCOCC[n+]1cc[nH]c1CCCCCC#N. The van der Waals surface area contributed by atoms with Crippen LogP contribution in [0.15, 0.2) is 12.4 Å². The van der Waals surface area contributed by atoms with Crippen molar-refractivity contribution in [1.82, 2.24) is 4.98 Å². The molecule has 0 aliphatic heterocycles. The number of nitrogens with one attached hydrogen (secondary N) is 1. The summed E-state index contributed by atoms with van der Waals surface area (Å²) in [5.41, 5.74) is 0. The smallest absolute Gasteiger partial charge is 0.254 e. The number of aromatic nitrogens is 2. The van der Waals surface area contributed by atoms with Crippen LogP contribution in [0.25, 0.3) is 0 Å². The third kappa shape index (κ3) is 5.83. The maximum Gasteiger partial charge on any atom is 0.254 e. The molecule has 0 saturated carbocycles. The number of imidazole rings is 1. The maximum atomic E-state index is 8.46. The van der Waals surface area contributed by atoms with E-state index in [4.69, 9.17) is 10.00 Å². The van der Waals surface area contributed by atoms with Gasteiger partial charge in [0.15, 0.2) is 0 Å². The van der Waals surface area contributed by atoms with Gasteiger partial charge in [-0.05, 0) is 19.3 Å². The second-order valence-corrected chi connectivity index (χ2v) is 4.43. The van der Waals surface area contributed by atoms with E-state index in [1.165, 1.54) is 5.82 Å². The molecule has 0 radical (unpaired) electrons. The van der Waals surface area contributed by atoms with Crippen molar-refractivity contribution in [1.29, 1.82) is 5.26 Å². The monoisotopic (exact) mass is 250 g/mol. The highest BCUT2D eigenvalue weighted by atomic mass is 16.5. The van der Waals surface area contributed by atoms with Crippen molar-refractivity contribution >= 4 is 0 Å². The van der Waals surface area contributed by atoms with E-state index in [2.05, 4.69) is 28.7 Å². The van der Waals surface area contributed by atoms with Gasteiger partial charge in [0, 0.05) is 19.4 Å². The lowest BCUT2D eigenvalue weighted by Crippen LogP contribution is -2.38. The summed E-state index contributed by atoms with van der Waals surface area (Å²) in [6.07, 6.45) is 10.1. The Balaban J connectivity index is 2.20. The van der Waals surface area contributed by atoms with E-state index in [1.807, 2.05) is 6.20 Å². The number of hydrogen-bond acceptors (Lipinski definition) is 2. The van der Waals surface area contributed by atoms with Crippen molar-refractivity contribution in [2.75, 3.05) is 13.2 Å². The Morgan fingerprint density at radius 1 is 1.33 bits per heavy atom. The Morgan fingerprint density at radius 2 is 2.22 bits per heavy atom. The molecule has 0 aliphatic carbocycles. The van der Waals surface area contributed by atoms with Crippen LogP contribution in [0.5, 0.6) is 0 Å². The molecular formula is C14H24N3O+. The summed E-state index contributed by atoms with van der Waals surface area (Å²) in [7, 11) is 0. The summed E-state index contributed by atoms with van der Waals surface area (Å²) in [6, 6.07) is 2.18. The first-order valence-corrected chi connectivity index (χ1v) is 6.89. The topological polar surface area (TPSA) is 52.7 Å². The molecule has 0 aliphatic rings. The maximum absolute atomic E-state index is 8.46. The zero-order valence-electron chi connectivity index (χ0n) is 11.3. The number of hydrogen-bond donors (Lipinski definition) is 1. The van der Waals surface area contributed by atoms with Crippen LogP contribution in [0.2, 0.25) is 0 Å². The predicted molar refractivity (Wildman–Crippen MR) is 69.9 cm³/mol. The highest BCUT2D eigenvalue weighted by molar-refractivity contribution is 4.77. The number of H-pyrrole nitrogens is 1. The molecule has 0 spiro atoms. The molecule has 0 aromatic carbocycles. The first kappa shape index (κ1) is 14.7. The molecule has 0 fully saturated rings. The Bertz CT molecular complexity index is 354. The third-order valence-corrected chi connectivity index (χ3v) is 2.88. The lowest BCUT2D eigenvalue weighted by Gasteiger charge is -2.02. The van der Waals surface area contributed by atoms with E-state index in [0.717, 1.165) is 51.9 Å². The Hall–Kier alpha value is -1.34. The van der Waals surface area contributed by atoms with Crippen molar-refractivity contribution < 1.29 is 9.30 Å². The van der Waals surface area contributed by atoms with Crippen molar-refractivity contribution in [3.63, 3.8) is 0 Å². The van der Waals surface area contributed by atoms with Gasteiger partial charge in [0.1, 0.15) is 18.9 Å². The number of ether oxygens (including phenoxy) is 1. The highest BCUT2D eigenvalue weighted by Gasteiger charge is 2.09. The highest BCUT2D eigenvalue weighted by Crippen LogP contribution is 2.03. The summed E-state index contributed by atoms with van der Waals surface area (Å²) >= 11 is 0. The number of nitrogens with zero attached hydrogens (tertiary/aromatic N) is 2. The van der Waals surface area contributed by atoms with Gasteiger partial charge in [-0.15, -0.1) is 0 Å². The molecular weight excluding hydrogens is 226 g/mol. The molecule has 1 heterocycles. The van der Waals surface area contributed by atoms with Gasteiger partial charge in [0.2, 0.25) is 0 Å². The van der Waals surface area contributed by atoms with Gasteiger partial charge < -0.3 is 4.74 Å². The van der Waals surface area contributed by atoms with Gasteiger partial charge in [-0.3, -0.25) is 0 Å². The van der Waals surface area contributed by atoms with Gasteiger partial charge in [-0.1, -0.05) is 13.3 Å². The van der Waals surface area contributed by atoms with Gasteiger partial charge in [0.05, 0.1) is 12.7 Å². The van der Waals surface area contributed by atoms with Gasteiger partial charge >= 0.3 is 0 Å². The van der Waals surface area contributed by atoms with Gasteiger partial charge in [0.25, 0.3) is 5.82 Å². The minimum atomic E-state index is 0.676. The predicted octanol–water partition coefficient (Wildman–Crippen LogP) is 2.36. The standard InChI is InChI=1S/C14H23N3O/c1-2-12-18-13-11-17-10-9-16-14(17)7-5-3-4-6-8-15/h9-10H,2-7,11-13H2,1H3/p+1. The van der Waals surface area contributed by atoms with Crippen molar-refractivity contribution in [2.24, 2.45) is 0 Å². The number of unbranched alkanes of at least 4 members (excludes halogenated alkanes) is 3. The summed E-state index contributed by atoms with van der Waals surface area (Å²) in [5.74, 6) is 1.26. The fourth-order valence-corrected chi connectivity index (χ4v) is 1.90. The van der Waals surface area contributed by atoms with Crippen LogP contribution >= 0.6 is 0 Å². The fourth-order valence-electron chi connectivity index (χ4n) is 1.90. The summed E-state index contributed by atoms with van der Waals surface area (Å²) < 4.78 is 7.72. The minimum Gasteiger partial charge on any atom is -0.377 e. The molecule has 0 saturated heterocycles. The molecule has 4 nitrogen and oxygen atoms in total. The van der Waals surface area contributed by atoms with Crippen molar-refractivity contribution in [3.05, 3.63) is 18.2 Å². The zero-order chi connectivity index (χ0) is 13.1. The molecule has 0 amide bonds. The van der Waals surface area contributed by atoms with Crippen molar-refractivity contribution in [3.8, 4) is 6.07 Å². The fraction of sp³-hybridized carbons (Fsp3) is 0.714. The van der Waals surface area contributed by atoms with E-state index in [0.29, 0.717) is 6.42 Å². The third-order valence-electron chi connectivity index (χ3n) is 2.88. The van der Waals surface area contributed by atoms with Crippen LogP contribution in [-0.4, -0.2) is 18.2 Å². The second kappa shape index (κ2) is 9.67. The molecule has 0 unspecified atom stereocenters. The average molecular weight is 250 g/mol. The molecule has 4 heteroatoms. The van der Waals surface area contributed by atoms with Crippen LogP contribution in [0.1, 0.15) is 44.9 Å². The van der Waals surface area contributed by atoms with Crippen LogP contribution in [0.4, 0.5) is 0 Å². The van der Waals surface area contributed by atoms with Gasteiger partial charge in [-0.25, -0.2) is 9.55 Å². The Morgan fingerprint density at radius 3 is 3.00 bits per heavy atom. The van der Waals surface area contributed by atoms with Gasteiger partial charge in [-0.2, -0.15) is 5.26 Å². The first-order chi connectivity index (χ1) is 8.88. The summed E-state index contributed by atoms with van der Waals surface area (Å²) in [6.45, 7) is 4.65. The lowest BCUT2D eigenvalue weighted by molar-refractivity contribution is -0.704. The average Bonchev–Trinajstić information content (AvgIpc) is 2.82. The van der Waals surface area contributed by atoms with E-state index < -0.39 is 0 Å². The largest absolute Gasteiger partial charge is 0.377 e. The van der Waals surface area contributed by atoms with Crippen LogP contribution in [-0.2, 0) is 17.7 Å². The zero-order valence-corrected chi connectivity index (χ0v) is 11.3. The molecule has 0 bridgehead atoms. The number of aromatic amines is 1. The number of aryl methyl sites for hydroxylation is 1. The quantitative estimate of drug-likeness (QED) is 0.512. The number of rotatable bonds is 10. The molecule has 0 atom stereocenters. The van der Waals surface area contributed by atoms with Crippen LogP contribution in [0.3, 0.4) is 0 Å². The summed E-state index contributed by atoms with van der Waals surface area (Å²) in [4.78, 5) is 3.28. The van der Waals surface area contributed by atoms with Crippen LogP contribution in [0, 0.1) is 11.3 Å². The molecule has 18 heavy (non-hydrogen) atoms. The molecule has 1 aromatic rings. The van der Waals surface area contributed by atoms with Crippen molar-refractivity contribution in [2.45, 2.75) is 52.0 Å². The van der Waals surface area contributed by atoms with E-state index >= 15 is 0 Å². The molecule has 1 N–H and O–H groups in total. The Kier molecular flexibility index (Phi) is 7.90. The van der Waals surface area contributed by atoms with E-state index in [9.17, 15) is 0 Å². The normalized spacial score (nSPS) is 10.4. The molecule has 1 rings (SSSR count). The first-order valence-electron chi connectivity index (χ1n) is 6.89. The minimum absolute atomic E-state index is 0.676. The van der Waals surface area contributed by atoms with E-state index in [-0.39, 0.29) is 0 Å².